The van der Waals surface area contributed by atoms with E-state index in [0.717, 1.165) is 16.9 Å². The van der Waals surface area contributed by atoms with E-state index in [9.17, 15) is 20.1 Å². The molecule has 7 heteroatoms. The zero-order chi connectivity index (χ0) is 21.1. The summed E-state index contributed by atoms with van der Waals surface area (Å²) in [6.45, 7) is 3.86. The summed E-state index contributed by atoms with van der Waals surface area (Å²) in [6.07, 6.45) is -3.27. The third kappa shape index (κ3) is 4.73. The number of hydrogen-bond acceptors (Lipinski definition) is 5. The van der Waals surface area contributed by atoms with Crippen LogP contribution in [0.15, 0.2) is 42.5 Å². The molecular weight excluding hydrogens is 394 g/mol. The predicted octanol–water partition coefficient (Wildman–Crippen LogP) is 2.32. The van der Waals surface area contributed by atoms with Crippen molar-refractivity contribution in [3.05, 3.63) is 64.2 Å². The van der Waals surface area contributed by atoms with Crippen LogP contribution in [0, 0.1) is 0 Å². The van der Waals surface area contributed by atoms with Gasteiger partial charge in [-0.25, -0.2) is 0 Å². The fourth-order valence-electron chi connectivity index (χ4n) is 3.73. The average molecular weight is 420 g/mol. The summed E-state index contributed by atoms with van der Waals surface area (Å²) in [4.78, 5) is 13.5. The number of likely N-dealkylation sites (tertiary alicyclic amines) is 1. The van der Waals surface area contributed by atoms with Gasteiger partial charge in [0.1, 0.15) is 24.1 Å². The molecule has 1 saturated heterocycles. The first-order chi connectivity index (χ1) is 13.8. The van der Waals surface area contributed by atoms with Gasteiger partial charge in [-0.3, -0.25) is 4.79 Å². The van der Waals surface area contributed by atoms with Gasteiger partial charge in [-0.2, -0.15) is 0 Å². The molecule has 1 amide bonds. The van der Waals surface area contributed by atoms with Crippen molar-refractivity contribution in [2.24, 2.45) is 0 Å². The standard InChI is InChI=1S/C22H26ClNO5/c1-3-29-17-7-4-14(5-8-17)10-16-11-15(6-9-18(16)23)20-22(28)21(27)19(26)12-24(20)13(2)25/h4-9,11,19-22,26-28H,3,10,12H2,1-2H3/t19-,20+,21+,22+/m1/s1. The number of carbonyl (C=O) groups excluding carboxylic acids is 1. The molecular formula is C22H26ClNO5. The lowest BCUT2D eigenvalue weighted by Crippen LogP contribution is -2.58. The normalized spacial score (nSPS) is 24.4. The molecule has 1 aliphatic heterocycles. The molecule has 0 spiro atoms. The molecule has 1 heterocycles. The van der Waals surface area contributed by atoms with E-state index >= 15 is 0 Å². The van der Waals surface area contributed by atoms with E-state index < -0.39 is 24.4 Å². The minimum atomic E-state index is -1.33. The van der Waals surface area contributed by atoms with Crippen molar-refractivity contribution in [1.29, 1.82) is 0 Å². The molecule has 0 bridgehead atoms. The van der Waals surface area contributed by atoms with Crippen LogP contribution in [-0.2, 0) is 11.2 Å². The van der Waals surface area contributed by atoms with Crippen molar-refractivity contribution in [2.45, 2.75) is 44.6 Å². The number of ether oxygens (including phenoxy) is 1. The van der Waals surface area contributed by atoms with E-state index in [0.29, 0.717) is 23.6 Å². The van der Waals surface area contributed by atoms with Gasteiger partial charge < -0.3 is 25.0 Å². The summed E-state index contributed by atoms with van der Waals surface area (Å²) >= 11 is 6.40. The molecule has 3 rings (SSSR count). The number of carbonyl (C=O) groups is 1. The lowest BCUT2D eigenvalue weighted by molar-refractivity contribution is -0.161. The molecule has 4 atom stereocenters. The number of amides is 1. The third-order valence-corrected chi connectivity index (χ3v) is 5.60. The molecule has 0 unspecified atom stereocenters. The SMILES string of the molecule is CCOc1ccc(Cc2cc([C@H]3[C@H](O)[C@@H](O)[C@H](O)CN3C(C)=O)ccc2Cl)cc1. The second kappa shape index (κ2) is 9.13. The van der Waals surface area contributed by atoms with Crippen LogP contribution < -0.4 is 4.74 Å². The van der Waals surface area contributed by atoms with Crippen molar-refractivity contribution in [3.63, 3.8) is 0 Å². The highest BCUT2D eigenvalue weighted by Gasteiger charge is 2.43. The van der Waals surface area contributed by atoms with Crippen LogP contribution in [0.25, 0.3) is 0 Å². The molecule has 29 heavy (non-hydrogen) atoms. The summed E-state index contributed by atoms with van der Waals surface area (Å²) in [6, 6.07) is 12.3. The summed E-state index contributed by atoms with van der Waals surface area (Å²) in [7, 11) is 0. The Morgan fingerprint density at radius 1 is 1.14 bits per heavy atom. The molecule has 1 fully saturated rings. The van der Waals surface area contributed by atoms with Crippen LogP contribution in [0.1, 0.15) is 36.6 Å². The van der Waals surface area contributed by atoms with Crippen molar-refractivity contribution >= 4 is 17.5 Å². The minimum Gasteiger partial charge on any atom is -0.494 e. The fraction of sp³-hybridized carbons (Fsp3) is 0.409. The summed E-state index contributed by atoms with van der Waals surface area (Å²) in [5, 5.41) is 31.2. The Kier molecular flexibility index (Phi) is 6.80. The molecule has 0 saturated carbocycles. The molecule has 3 N–H and O–H groups in total. The van der Waals surface area contributed by atoms with Crippen molar-refractivity contribution in [3.8, 4) is 5.75 Å². The lowest BCUT2D eigenvalue weighted by Gasteiger charge is -2.43. The maximum atomic E-state index is 12.1. The van der Waals surface area contributed by atoms with E-state index in [4.69, 9.17) is 16.3 Å². The number of benzene rings is 2. The van der Waals surface area contributed by atoms with E-state index in [1.54, 1.807) is 12.1 Å². The van der Waals surface area contributed by atoms with Gasteiger partial charge in [0, 0.05) is 18.5 Å². The second-order valence-electron chi connectivity index (χ2n) is 7.27. The van der Waals surface area contributed by atoms with E-state index in [1.807, 2.05) is 37.3 Å². The maximum absolute atomic E-state index is 12.1. The zero-order valence-corrected chi connectivity index (χ0v) is 17.2. The molecule has 0 radical (unpaired) electrons. The van der Waals surface area contributed by atoms with Gasteiger partial charge in [0.25, 0.3) is 0 Å². The minimum absolute atomic E-state index is 0.0466. The van der Waals surface area contributed by atoms with Crippen molar-refractivity contribution < 1.29 is 24.9 Å². The topological polar surface area (TPSA) is 90.2 Å². The van der Waals surface area contributed by atoms with Gasteiger partial charge in [-0.05, 0) is 48.2 Å². The molecule has 0 aromatic heterocycles. The van der Waals surface area contributed by atoms with Crippen LogP contribution in [0.4, 0.5) is 0 Å². The van der Waals surface area contributed by atoms with Gasteiger partial charge in [0.2, 0.25) is 5.91 Å². The Labute approximate surface area is 175 Å². The molecule has 1 aliphatic rings. The second-order valence-corrected chi connectivity index (χ2v) is 7.68. The molecule has 6 nitrogen and oxygen atoms in total. The zero-order valence-electron chi connectivity index (χ0n) is 16.5. The third-order valence-electron chi connectivity index (χ3n) is 5.23. The number of nitrogens with zero attached hydrogens (tertiary/aromatic N) is 1. The highest BCUT2D eigenvalue weighted by Crippen LogP contribution is 2.34. The van der Waals surface area contributed by atoms with E-state index in [2.05, 4.69) is 0 Å². The van der Waals surface area contributed by atoms with Gasteiger partial charge >= 0.3 is 0 Å². The van der Waals surface area contributed by atoms with Gasteiger partial charge in [0.05, 0.1) is 12.6 Å². The van der Waals surface area contributed by atoms with Crippen molar-refractivity contribution in [2.75, 3.05) is 13.2 Å². The quantitative estimate of drug-likeness (QED) is 0.692. The predicted molar refractivity (Wildman–Crippen MR) is 110 cm³/mol. The van der Waals surface area contributed by atoms with E-state index in [-0.39, 0.29) is 12.5 Å². The molecule has 2 aromatic carbocycles. The molecule has 0 aliphatic carbocycles. The largest absolute Gasteiger partial charge is 0.494 e. The number of aliphatic hydroxyl groups excluding tert-OH is 3. The van der Waals surface area contributed by atoms with Gasteiger partial charge in [0.15, 0.2) is 0 Å². The van der Waals surface area contributed by atoms with Crippen LogP contribution in [0.2, 0.25) is 5.02 Å². The number of piperidine rings is 1. The van der Waals surface area contributed by atoms with Crippen LogP contribution in [0.3, 0.4) is 0 Å². The maximum Gasteiger partial charge on any atom is 0.220 e. The van der Waals surface area contributed by atoms with Gasteiger partial charge in [-0.15, -0.1) is 0 Å². The summed E-state index contributed by atoms with van der Waals surface area (Å²) in [5.41, 5.74) is 2.53. The van der Waals surface area contributed by atoms with Crippen LogP contribution in [-0.4, -0.2) is 57.6 Å². The summed E-state index contributed by atoms with van der Waals surface area (Å²) in [5.74, 6) is 0.508. The van der Waals surface area contributed by atoms with Gasteiger partial charge in [-0.1, -0.05) is 35.9 Å². The number of hydrogen-bond donors (Lipinski definition) is 3. The Hall–Kier alpha value is -2.12. The number of aliphatic hydroxyl groups is 3. The Balaban J connectivity index is 1.89. The number of β-amino-alcohol motifs (C(OH)–C–C–N with tert-alkyl or cyclic N) is 1. The number of rotatable bonds is 5. The Bertz CT molecular complexity index is 857. The first-order valence-electron chi connectivity index (χ1n) is 9.63. The van der Waals surface area contributed by atoms with E-state index in [1.165, 1.54) is 11.8 Å². The smallest absolute Gasteiger partial charge is 0.220 e. The Morgan fingerprint density at radius 2 is 1.83 bits per heavy atom. The molecule has 2 aromatic rings. The fourth-order valence-corrected chi connectivity index (χ4v) is 3.91. The average Bonchev–Trinajstić information content (AvgIpc) is 2.69. The first kappa shape index (κ1) is 21.6. The molecule has 156 valence electrons. The highest BCUT2D eigenvalue weighted by molar-refractivity contribution is 6.31. The summed E-state index contributed by atoms with van der Waals surface area (Å²) < 4.78 is 5.46. The van der Waals surface area contributed by atoms with Crippen LogP contribution in [0.5, 0.6) is 5.75 Å². The number of halogens is 1. The highest BCUT2D eigenvalue weighted by atomic mass is 35.5. The lowest BCUT2D eigenvalue weighted by atomic mass is 9.87. The first-order valence-corrected chi connectivity index (χ1v) is 10.0. The Morgan fingerprint density at radius 3 is 2.45 bits per heavy atom. The van der Waals surface area contributed by atoms with Crippen LogP contribution >= 0.6 is 11.6 Å². The van der Waals surface area contributed by atoms with Crippen molar-refractivity contribution in [1.82, 2.24) is 4.90 Å². The monoisotopic (exact) mass is 419 g/mol.